The van der Waals surface area contributed by atoms with Crippen molar-refractivity contribution in [1.29, 1.82) is 0 Å². The lowest BCUT2D eigenvalue weighted by molar-refractivity contribution is -0.137. The normalized spacial score (nSPS) is 16.2. The van der Waals surface area contributed by atoms with Gasteiger partial charge in [0, 0.05) is 0 Å². The number of benzene rings is 1. The van der Waals surface area contributed by atoms with Crippen molar-refractivity contribution >= 4 is 12.4 Å². The Labute approximate surface area is 121 Å². The molecule has 3 atom stereocenters. The Kier molecular flexibility index (Phi) is 6.93. The van der Waals surface area contributed by atoms with Gasteiger partial charge in [-0.2, -0.15) is 13.2 Å². The molecule has 1 unspecified atom stereocenters. The average molecular weight is 316 g/mol. The van der Waals surface area contributed by atoms with E-state index in [-0.39, 0.29) is 23.9 Å². The molecule has 20 heavy (non-hydrogen) atoms. The zero-order valence-corrected chi connectivity index (χ0v) is 11.9. The lowest BCUT2D eigenvalue weighted by Crippen LogP contribution is -2.31. The van der Waals surface area contributed by atoms with E-state index in [1.165, 1.54) is 0 Å². The van der Waals surface area contributed by atoms with Crippen molar-refractivity contribution in [2.24, 2.45) is 11.7 Å². The fraction of sp³-hybridized carbons (Fsp3) is 0.538. The van der Waals surface area contributed by atoms with Gasteiger partial charge < -0.3 is 10.8 Å². The zero-order chi connectivity index (χ0) is 14.8. The summed E-state index contributed by atoms with van der Waals surface area (Å²) in [5.41, 5.74) is 4.55. The Balaban J connectivity index is 0.00000361. The molecule has 0 bridgehead atoms. The number of nitrogens with two attached hydrogens (primary N) is 1. The predicted molar refractivity (Wildman–Crippen MR) is 71.0 cm³/mol. The Hall–Kier alpha value is -0.850. The number of rotatable bonds is 4. The van der Waals surface area contributed by atoms with Crippen molar-refractivity contribution in [3.63, 3.8) is 0 Å². The minimum Gasteiger partial charge on any atom is -0.391 e. The summed E-state index contributed by atoms with van der Waals surface area (Å²) in [6.07, 6.45) is -5.04. The van der Waals surface area contributed by atoms with E-state index in [1.54, 1.807) is 6.92 Å². The fourth-order valence-electron chi connectivity index (χ4n) is 1.76. The number of halogens is 5. The Bertz CT molecular complexity index is 439. The van der Waals surface area contributed by atoms with Crippen molar-refractivity contribution in [3.8, 4) is 0 Å². The van der Waals surface area contributed by atoms with Gasteiger partial charge in [-0.15, -0.1) is 12.4 Å². The molecule has 0 spiro atoms. The van der Waals surface area contributed by atoms with Gasteiger partial charge >= 0.3 is 6.18 Å². The second kappa shape index (κ2) is 7.24. The molecular formula is C13H18ClF4NO. The molecule has 0 aromatic heterocycles. The van der Waals surface area contributed by atoms with E-state index in [1.807, 2.05) is 6.92 Å². The quantitative estimate of drug-likeness (QED) is 0.833. The Morgan fingerprint density at radius 3 is 2.25 bits per heavy atom. The van der Waals surface area contributed by atoms with Crippen molar-refractivity contribution in [2.75, 3.05) is 0 Å². The van der Waals surface area contributed by atoms with Crippen LogP contribution in [-0.4, -0.2) is 11.2 Å². The summed E-state index contributed by atoms with van der Waals surface area (Å²) < 4.78 is 50.9. The van der Waals surface area contributed by atoms with Gasteiger partial charge in [0.05, 0.1) is 17.7 Å². The standard InChI is InChI=1S/C13H17F4NO.ClH/c1-3-7(2)12(19)11(18)8-4-9(13(15,16)17)6-10(14)5-8;/h4-7,11-12,19H,3,18H2,1-2H3;1H/t7?,11-,12+;/m0./s1. The van der Waals surface area contributed by atoms with Gasteiger partial charge in [-0.25, -0.2) is 4.39 Å². The van der Waals surface area contributed by atoms with Crippen LogP contribution < -0.4 is 5.73 Å². The van der Waals surface area contributed by atoms with Crippen LogP contribution in [-0.2, 0) is 6.18 Å². The topological polar surface area (TPSA) is 46.2 Å². The van der Waals surface area contributed by atoms with Gasteiger partial charge in [0.25, 0.3) is 0 Å². The third-order valence-electron chi connectivity index (χ3n) is 3.23. The highest BCUT2D eigenvalue weighted by molar-refractivity contribution is 5.85. The maximum atomic E-state index is 13.2. The van der Waals surface area contributed by atoms with Crippen LogP contribution in [0.25, 0.3) is 0 Å². The molecule has 1 rings (SSSR count). The molecule has 116 valence electrons. The van der Waals surface area contributed by atoms with E-state index in [0.29, 0.717) is 12.5 Å². The molecule has 7 heteroatoms. The highest BCUT2D eigenvalue weighted by Gasteiger charge is 2.32. The summed E-state index contributed by atoms with van der Waals surface area (Å²) in [7, 11) is 0. The highest BCUT2D eigenvalue weighted by Crippen LogP contribution is 2.32. The van der Waals surface area contributed by atoms with Crippen molar-refractivity contribution in [1.82, 2.24) is 0 Å². The molecule has 1 aromatic rings. The maximum absolute atomic E-state index is 13.2. The number of alkyl halides is 3. The van der Waals surface area contributed by atoms with Crippen LogP contribution in [0.4, 0.5) is 17.6 Å². The average Bonchev–Trinajstić information content (AvgIpc) is 2.34. The van der Waals surface area contributed by atoms with Crippen LogP contribution in [0.3, 0.4) is 0 Å². The monoisotopic (exact) mass is 315 g/mol. The molecule has 0 saturated heterocycles. The third-order valence-corrected chi connectivity index (χ3v) is 3.23. The smallest absolute Gasteiger partial charge is 0.391 e. The first-order valence-electron chi connectivity index (χ1n) is 5.98. The van der Waals surface area contributed by atoms with Crippen LogP contribution in [0.5, 0.6) is 0 Å². The van der Waals surface area contributed by atoms with Gasteiger partial charge in [-0.3, -0.25) is 0 Å². The molecule has 3 N–H and O–H groups in total. The highest BCUT2D eigenvalue weighted by atomic mass is 35.5. The zero-order valence-electron chi connectivity index (χ0n) is 11.1. The largest absolute Gasteiger partial charge is 0.416 e. The van der Waals surface area contributed by atoms with E-state index in [0.717, 1.165) is 12.1 Å². The second-order valence-corrected chi connectivity index (χ2v) is 4.67. The summed E-state index contributed by atoms with van der Waals surface area (Å²) in [5.74, 6) is -1.20. The van der Waals surface area contributed by atoms with E-state index >= 15 is 0 Å². The molecular weight excluding hydrogens is 298 g/mol. The van der Waals surface area contributed by atoms with E-state index < -0.39 is 29.7 Å². The fourth-order valence-corrected chi connectivity index (χ4v) is 1.76. The molecule has 0 radical (unpaired) electrons. The Morgan fingerprint density at radius 1 is 1.25 bits per heavy atom. The molecule has 0 saturated carbocycles. The molecule has 1 aromatic carbocycles. The van der Waals surface area contributed by atoms with E-state index in [9.17, 15) is 22.7 Å². The van der Waals surface area contributed by atoms with Crippen LogP contribution in [0.1, 0.15) is 37.4 Å². The minimum atomic E-state index is -4.64. The first-order valence-corrected chi connectivity index (χ1v) is 5.98. The van der Waals surface area contributed by atoms with Crippen LogP contribution >= 0.6 is 12.4 Å². The van der Waals surface area contributed by atoms with Gasteiger partial charge in [0.1, 0.15) is 5.82 Å². The number of hydrogen-bond acceptors (Lipinski definition) is 2. The van der Waals surface area contributed by atoms with Crippen LogP contribution in [0, 0.1) is 11.7 Å². The SMILES string of the molecule is CCC(C)[C@@H](O)[C@@H](N)c1cc(F)cc(C(F)(F)F)c1.Cl. The molecule has 0 aliphatic heterocycles. The maximum Gasteiger partial charge on any atom is 0.416 e. The van der Waals surface area contributed by atoms with E-state index in [4.69, 9.17) is 5.73 Å². The van der Waals surface area contributed by atoms with Gasteiger partial charge in [0.15, 0.2) is 0 Å². The molecule has 0 heterocycles. The summed E-state index contributed by atoms with van der Waals surface area (Å²) in [6, 6.07) is 1.06. The summed E-state index contributed by atoms with van der Waals surface area (Å²) in [6.45, 7) is 3.56. The lowest BCUT2D eigenvalue weighted by atomic mass is 9.91. The second-order valence-electron chi connectivity index (χ2n) is 4.67. The lowest BCUT2D eigenvalue weighted by Gasteiger charge is -2.24. The third kappa shape index (κ3) is 4.61. The summed E-state index contributed by atoms with van der Waals surface area (Å²) in [5, 5.41) is 9.90. The summed E-state index contributed by atoms with van der Waals surface area (Å²) >= 11 is 0. The molecule has 0 amide bonds. The molecule has 0 aliphatic carbocycles. The van der Waals surface area contributed by atoms with Crippen molar-refractivity contribution in [3.05, 3.63) is 35.1 Å². The first kappa shape index (κ1) is 19.1. The molecule has 2 nitrogen and oxygen atoms in total. The van der Waals surface area contributed by atoms with E-state index in [2.05, 4.69) is 0 Å². The number of hydrogen-bond donors (Lipinski definition) is 2. The number of aliphatic hydroxyl groups is 1. The van der Waals surface area contributed by atoms with Crippen molar-refractivity contribution in [2.45, 2.75) is 38.6 Å². The Morgan fingerprint density at radius 2 is 1.80 bits per heavy atom. The summed E-state index contributed by atoms with van der Waals surface area (Å²) in [4.78, 5) is 0. The predicted octanol–water partition coefficient (Wildman–Crippen LogP) is 3.67. The first-order chi connectivity index (χ1) is 8.66. The van der Waals surface area contributed by atoms with Gasteiger partial charge in [-0.1, -0.05) is 20.3 Å². The molecule has 0 aliphatic rings. The molecule has 0 fully saturated rings. The van der Waals surface area contributed by atoms with Gasteiger partial charge in [0.2, 0.25) is 0 Å². The number of aliphatic hydroxyl groups excluding tert-OH is 1. The van der Waals surface area contributed by atoms with Gasteiger partial charge in [-0.05, 0) is 29.7 Å². The van der Waals surface area contributed by atoms with Crippen LogP contribution in [0.2, 0.25) is 0 Å². The van der Waals surface area contributed by atoms with Crippen molar-refractivity contribution < 1.29 is 22.7 Å². The van der Waals surface area contributed by atoms with Crippen LogP contribution in [0.15, 0.2) is 18.2 Å². The minimum absolute atomic E-state index is 0.